The third-order valence-electron chi connectivity index (χ3n) is 4.93. The number of piperidine rings is 1. The van der Waals surface area contributed by atoms with E-state index in [0.29, 0.717) is 30.8 Å². The van der Waals surface area contributed by atoms with Gasteiger partial charge < -0.3 is 16.0 Å². The smallest absolute Gasteiger partial charge is 0.257 e. The van der Waals surface area contributed by atoms with E-state index in [1.54, 1.807) is 4.90 Å². The summed E-state index contributed by atoms with van der Waals surface area (Å²) < 4.78 is 0. The van der Waals surface area contributed by atoms with Gasteiger partial charge in [-0.05, 0) is 42.1 Å². The second-order valence-electron chi connectivity index (χ2n) is 6.28. The molecular formula is C16H18N4O3. The zero-order chi connectivity index (χ0) is 16.1. The van der Waals surface area contributed by atoms with Crippen LogP contribution in [0, 0.1) is 0 Å². The van der Waals surface area contributed by atoms with Crippen LogP contribution in [-0.4, -0.2) is 35.2 Å². The Morgan fingerprint density at radius 3 is 2.78 bits per heavy atom. The molecule has 1 atom stereocenters. The molecule has 0 saturated carbocycles. The molecule has 3 aliphatic rings. The van der Waals surface area contributed by atoms with Gasteiger partial charge in [0.05, 0.1) is 5.56 Å². The number of hydrogen-bond donors (Lipinski definition) is 3. The van der Waals surface area contributed by atoms with Crippen molar-refractivity contribution in [2.75, 3.05) is 12.3 Å². The summed E-state index contributed by atoms with van der Waals surface area (Å²) in [7, 11) is 0. The minimum atomic E-state index is -0.598. The van der Waals surface area contributed by atoms with E-state index >= 15 is 0 Å². The number of amides is 3. The number of nitrogen functional groups attached to an aromatic ring is 1. The van der Waals surface area contributed by atoms with Crippen LogP contribution in [0.1, 0.15) is 39.9 Å². The van der Waals surface area contributed by atoms with Gasteiger partial charge in [0.2, 0.25) is 11.8 Å². The Labute approximate surface area is 133 Å². The highest BCUT2D eigenvalue weighted by atomic mass is 16.2. The van der Waals surface area contributed by atoms with Crippen LogP contribution < -0.4 is 16.4 Å². The van der Waals surface area contributed by atoms with Gasteiger partial charge in [0.25, 0.3) is 5.91 Å². The molecule has 4 N–H and O–H groups in total. The fourth-order valence-electron chi connectivity index (χ4n) is 3.79. The number of nitrogens with two attached hydrogens (primary N) is 1. The lowest BCUT2D eigenvalue weighted by Crippen LogP contribution is -2.52. The van der Waals surface area contributed by atoms with E-state index in [0.717, 1.165) is 24.1 Å². The molecule has 0 radical (unpaired) electrons. The molecule has 0 spiro atoms. The molecule has 1 aromatic rings. The summed E-state index contributed by atoms with van der Waals surface area (Å²) in [5, 5.41) is 5.63. The maximum atomic E-state index is 12.8. The SMILES string of the molecule is Nc1cc2c(c3c1C(=O)N(C1CCC(=O)NC1=O)C3)CNCC2. The molecule has 1 aromatic carbocycles. The van der Waals surface area contributed by atoms with E-state index in [-0.39, 0.29) is 18.2 Å². The fraction of sp³-hybridized carbons (Fsp3) is 0.438. The second kappa shape index (κ2) is 5.06. The molecule has 0 aromatic heterocycles. The van der Waals surface area contributed by atoms with Crippen LogP contribution in [0.5, 0.6) is 0 Å². The lowest BCUT2D eigenvalue weighted by Gasteiger charge is -2.29. The predicted molar refractivity (Wildman–Crippen MR) is 82.3 cm³/mol. The maximum Gasteiger partial charge on any atom is 0.257 e. The van der Waals surface area contributed by atoms with Crippen LogP contribution in [0.15, 0.2) is 6.07 Å². The van der Waals surface area contributed by atoms with Gasteiger partial charge in [-0.1, -0.05) is 0 Å². The van der Waals surface area contributed by atoms with Gasteiger partial charge in [0, 0.05) is 25.2 Å². The van der Waals surface area contributed by atoms with Crippen molar-refractivity contribution >= 4 is 23.4 Å². The molecule has 3 aliphatic heterocycles. The van der Waals surface area contributed by atoms with E-state index in [1.807, 2.05) is 6.07 Å². The van der Waals surface area contributed by atoms with Crippen LogP contribution in [0.25, 0.3) is 0 Å². The van der Waals surface area contributed by atoms with Gasteiger partial charge in [-0.25, -0.2) is 0 Å². The monoisotopic (exact) mass is 314 g/mol. The predicted octanol–water partition coefficient (Wildman–Crippen LogP) is -0.325. The van der Waals surface area contributed by atoms with E-state index < -0.39 is 11.9 Å². The Hall–Kier alpha value is -2.41. The van der Waals surface area contributed by atoms with Crippen LogP contribution in [0.2, 0.25) is 0 Å². The molecule has 0 aliphatic carbocycles. The molecule has 7 nitrogen and oxygen atoms in total. The minimum Gasteiger partial charge on any atom is -0.398 e. The number of imide groups is 1. The average Bonchev–Trinajstić information content (AvgIpc) is 2.86. The van der Waals surface area contributed by atoms with Crippen molar-refractivity contribution in [2.24, 2.45) is 0 Å². The molecule has 7 heteroatoms. The first-order valence-corrected chi connectivity index (χ1v) is 7.84. The number of carbonyl (C=O) groups is 3. The number of anilines is 1. The lowest BCUT2D eigenvalue weighted by molar-refractivity contribution is -0.136. The highest BCUT2D eigenvalue weighted by Crippen LogP contribution is 2.36. The summed E-state index contributed by atoms with van der Waals surface area (Å²) in [6, 6.07) is 1.29. The number of nitrogens with one attached hydrogen (secondary N) is 2. The summed E-state index contributed by atoms with van der Waals surface area (Å²) >= 11 is 0. The third-order valence-corrected chi connectivity index (χ3v) is 4.93. The standard InChI is InChI=1S/C16H18N4O3/c17-11-5-8-3-4-18-6-9(8)10-7-20(16(23)14(10)11)12-1-2-13(21)19-15(12)22/h5,12,18H,1-4,6-7,17H2,(H,19,21,22). The third kappa shape index (κ3) is 2.11. The van der Waals surface area contributed by atoms with Crippen LogP contribution in [0.3, 0.4) is 0 Å². The summed E-state index contributed by atoms with van der Waals surface area (Å²) in [6.07, 6.45) is 1.51. The molecule has 4 rings (SSSR count). The Balaban J connectivity index is 1.72. The largest absolute Gasteiger partial charge is 0.398 e. The Kier molecular flexibility index (Phi) is 3.12. The summed E-state index contributed by atoms with van der Waals surface area (Å²) in [4.78, 5) is 37.8. The Bertz CT molecular complexity index is 743. The van der Waals surface area contributed by atoms with Gasteiger partial charge >= 0.3 is 0 Å². The first kappa shape index (κ1) is 14.2. The number of fused-ring (bicyclic) bond motifs is 3. The van der Waals surface area contributed by atoms with Crippen molar-refractivity contribution in [3.63, 3.8) is 0 Å². The molecule has 0 bridgehead atoms. The fourth-order valence-corrected chi connectivity index (χ4v) is 3.79. The van der Waals surface area contributed by atoms with Crippen molar-refractivity contribution in [2.45, 2.75) is 38.4 Å². The molecular weight excluding hydrogens is 296 g/mol. The first-order chi connectivity index (χ1) is 11.1. The second-order valence-corrected chi connectivity index (χ2v) is 6.28. The van der Waals surface area contributed by atoms with Gasteiger partial charge in [-0.2, -0.15) is 0 Å². The van der Waals surface area contributed by atoms with Crippen molar-refractivity contribution < 1.29 is 14.4 Å². The van der Waals surface area contributed by atoms with Crippen molar-refractivity contribution in [3.05, 3.63) is 28.3 Å². The number of hydrogen-bond acceptors (Lipinski definition) is 5. The highest BCUT2D eigenvalue weighted by molar-refractivity contribution is 6.08. The van der Waals surface area contributed by atoms with E-state index in [4.69, 9.17) is 5.73 Å². The van der Waals surface area contributed by atoms with Crippen molar-refractivity contribution in [1.82, 2.24) is 15.5 Å². The number of carbonyl (C=O) groups excluding carboxylic acids is 3. The molecule has 23 heavy (non-hydrogen) atoms. The molecule has 3 heterocycles. The summed E-state index contributed by atoms with van der Waals surface area (Å²) in [5.74, 6) is -0.884. The van der Waals surface area contributed by atoms with Crippen LogP contribution >= 0.6 is 0 Å². The lowest BCUT2D eigenvalue weighted by atomic mass is 9.92. The van der Waals surface area contributed by atoms with Crippen LogP contribution in [-0.2, 0) is 29.1 Å². The molecule has 1 fully saturated rings. The first-order valence-electron chi connectivity index (χ1n) is 7.84. The zero-order valence-corrected chi connectivity index (χ0v) is 12.6. The molecule has 1 saturated heterocycles. The molecule has 3 amide bonds. The minimum absolute atomic E-state index is 0.208. The van der Waals surface area contributed by atoms with Gasteiger partial charge in [0.1, 0.15) is 6.04 Å². The van der Waals surface area contributed by atoms with E-state index in [1.165, 1.54) is 5.56 Å². The van der Waals surface area contributed by atoms with Gasteiger partial charge in [-0.3, -0.25) is 19.7 Å². The topological polar surface area (TPSA) is 105 Å². The van der Waals surface area contributed by atoms with Crippen LogP contribution in [0.4, 0.5) is 5.69 Å². The Morgan fingerprint density at radius 1 is 1.17 bits per heavy atom. The van der Waals surface area contributed by atoms with E-state index in [9.17, 15) is 14.4 Å². The summed E-state index contributed by atoms with van der Waals surface area (Å²) in [6.45, 7) is 2.00. The highest BCUT2D eigenvalue weighted by Gasteiger charge is 2.41. The van der Waals surface area contributed by atoms with Crippen molar-refractivity contribution in [3.8, 4) is 0 Å². The molecule has 120 valence electrons. The quantitative estimate of drug-likeness (QED) is 0.486. The van der Waals surface area contributed by atoms with Crippen molar-refractivity contribution in [1.29, 1.82) is 0 Å². The number of rotatable bonds is 1. The normalized spacial score (nSPS) is 23.6. The number of nitrogens with zero attached hydrogens (tertiary/aromatic N) is 1. The Morgan fingerprint density at radius 2 is 2.00 bits per heavy atom. The number of benzene rings is 1. The molecule has 1 unspecified atom stereocenters. The van der Waals surface area contributed by atoms with Gasteiger partial charge in [0.15, 0.2) is 0 Å². The van der Waals surface area contributed by atoms with Gasteiger partial charge in [-0.15, -0.1) is 0 Å². The summed E-state index contributed by atoms with van der Waals surface area (Å²) in [5.41, 5.74) is 10.4. The zero-order valence-electron chi connectivity index (χ0n) is 12.6. The van der Waals surface area contributed by atoms with E-state index in [2.05, 4.69) is 10.6 Å². The maximum absolute atomic E-state index is 12.8. The average molecular weight is 314 g/mol.